The lowest BCUT2D eigenvalue weighted by atomic mass is 9.85. The third-order valence-electron chi connectivity index (χ3n) is 3.00. The van der Waals surface area contributed by atoms with Gasteiger partial charge in [-0.2, -0.15) is 0 Å². The van der Waals surface area contributed by atoms with Crippen molar-refractivity contribution in [2.45, 2.75) is 46.0 Å². The van der Waals surface area contributed by atoms with Gasteiger partial charge in [0.1, 0.15) is 5.75 Å². The highest BCUT2D eigenvalue weighted by Gasteiger charge is 2.19. The molecule has 0 fully saturated rings. The molecule has 3 nitrogen and oxygen atoms in total. The number of carbonyl (C=O) groups excluding carboxylic acids is 1. The zero-order valence-electron chi connectivity index (χ0n) is 12.6. The van der Waals surface area contributed by atoms with E-state index in [4.69, 9.17) is 4.74 Å². The molecular weight excluding hydrogens is 240 g/mol. The van der Waals surface area contributed by atoms with Crippen LogP contribution in [-0.2, 0) is 21.4 Å². The summed E-state index contributed by atoms with van der Waals surface area (Å²) in [6.45, 7) is 9.13. The van der Waals surface area contributed by atoms with Crippen LogP contribution in [0.15, 0.2) is 18.2 Å². The number of methoxy groups -OCH3 is 1. The van der Waals surface area contributed by atoms with E-state index < -0.39 is 0 Å². The summed E-state index contributed by atoms with van der Waals surface area (Å²) in [7, 11) is 1.42. The van der Waals surface area contributed by atoms with Gasteiger partial charge < -0.3 is 9.47 Å². The van der Waals surface area contributed by atoms with Crippen LogP contribution >= 0.6 is 0 Å². The summed E-state index contributed by atoms with van der Waals surface area (Å²) in [6, 6.07) is 6.15. The van der Waals surface area contributed by atoms with Gasteiger partial charge in [0.2, 0.25) is 0 Å². The fourth-order valence-electron chi connectivity index (χ4n) is 1.95. The van der Waals surface area contributed by atoms with Gasteiger partial charge in [0.25, 0.3) is 0 Å². The van der Waals surface area contributed by atoms with E-state index >= 15 is 0 Å². The lowest BCUT2D eigenvalue weighted by Crippen LogP contribution is -2.14. The van der Waals surface area contributed by atoms with Crippen molar-refractivity contribution in [1.29, 1.82) is 0 Å². The standard InChI is InChI=1S/C16H24O3/c1-6-19-14-9-7-12(8-10-15(17)18-5)11-13(14)16(2,3)4/h7,9,11H,6,8,10H2,1-5H3. The molecule has 19 heavy (non-hydrogen) atoms. The summed E-state index contributed by atoms with van der Waals surface area (Å²) in [5, 5.41) is 0. The predicted octanol–water partition coefficient (Wildman–Crippen LogP) is 3.49. The Kier molecular flexibility index (Phi) is 5.40. The molecule has 0 saturated heterocycles. The van der Waals surface area contributed by atoms with E-state index in [1.807, 2.05) is 19.1 Å². The molecule has 0 heterocycles. The van der Waals surface area contributed by atoms with Gasteiger partial charge in [-0.05, 0) is 36.0 Å². The van der Waals surface area contributed by atoms with Crippen molar-refractivity contribution < 1.29 is 14.3 Å². The zero-order chi connectivity index (χ0) is 14.5. The summed E-state index contributed by atoms with van der Waals surface area (Å²) in [6.07, 6.45) is 1.11. The van der Waals surface area contributed by atoms with E-state index in [1.165, 1.54) is 12.7 Å². The first-order chi connectivity index (χ1) is 8.88. The number of hydrogen-bond acceptors (Lipinski definition) is 3. The zero-order valence-corrected chi connectivity index (χ0v) is 12.6. The van der Waals surface area contributed by atoms with E-state index in [0.29, 0.717) is 19.4 Å². The largest absolute Gasteiger partial charge is 0.494 e. The summed E-state index contributed by atoms with van der Waals surface area (Å²) < 4.78 is 10.3. The summed E-state index contributed by atoms with van der Waals surface area (Å²) in [5.41, 5.74) is 2.33. The first-order valence-electron chi connectivity index (χ1n) is 6.71. The van der Waals surface area contributed by atoms with Crippen LogP contribution in [0.5, 0.6) is 5.75 Å². The van der Waals surface area contributed by atoms with Crippen molar-refractivity contribution in [3.8, 4) is 5.75 Å². The molecule has 0 N–H and O–H groups in total. The van der Waals surface area contributed by atoms with Gasteiger partial charge in [0.05, 0.1) is 13.7 Å². The Hall–Kier alpha value is -1.51. The number of aryl methyl sites for hydroxylation is 1. The van der Waals surface area contributed by atoms with Crippen molar-refractivity contribution in [3.63, 3.8) is 0 Å². The third-order valence-corrected chi connectivity index (χ3v) is 3.00. The molecule has 1 rings (SSSR count). The number of carbonyl (C=O) groups is 1. The molecular formula is C16H24O3. The molecule has 0 bridgehead atoms. The van der Waals surface area contributed by atoms with Crippen LogP contribution in [0.3, 0.4) is 0 Å². The molecule has 0 atom stereocenters. The molecule has 1 aromatic rings. The highest BCUT2D eigenvalue weighted by molar-refractivity contribution is 5.69. The predicted molar refractivity (Wildman–Crippen MR) is 76.6 cm³/mol. The molecule has 3 heteroatoms. The van der Waals surface area contributed by atoms with Gasteiger partial charge in [-0.25, -0.2) is 0 Å². The Balaban J connectivity index is 2.95. The number of hydrogen-bond donors (Lipinski definition) is 0. The van der Waals surface area contributed by atoms with E-state index in [9.17, 15) is 4.79 Å². The van der Waals surface area contributed by atoms with Gasteiger partial charge in [-0.15, -0.1) is 0 Å². The average Bonchev–Trinajstić information content (AvgIpc) is 2.36. The highest BCUT2D eigenvalue weighted by Crippen LogP contribution is 2.32. The van der Waals surface area contributed by atoms with Gasteiger partial charge in [-0.1, -0.05) is 32.9 Å². The van der Waals surface area contributed by atoms with Gasteiger partial charge in [0.15, 0.2) is 0 Å². The van der Waals surface area contributed by atoms with E-state index in [0.717, 1.165) is 11.3 Å². The fourth-order valence-corrected chi connectivity index (χ4v) is 1.95. The van der Waals surface area contributed by atoms with Gasteiger partial charge in [0, 0.05) is 6.42 Å². The maximum Gasteiger partial charge on any atom is 0.305 e. The Bertz CT molecular complexity index is 430. The normalized spacial score (nSPS) is 11.2. The Morgan fingerprint density at radius 3 is 2.47 bits per heavy atom. The van der Waals surface area contributed by atoms with Crippen LogP contribution in [0.25, 0.3) is 0 Å². The Morgan fingerprint density at radius 1 is 1.26 bits per heavy atom. The summed E-state index contributed by atoms with van der Waals surface area (Å²) in [5.74, 6) is 0.753. The molecule has 0 aliphatic heterocycles. The Labute approximate surface area is 115 Å². The molecule has 0 radical (unpaired) electrons. The molecule has 106 valence electrons. The highest BCUT2D eigenvalue weighted by atomic mass is 16.5. The molecule has 0 saturated carbocycles. The topological polar surface area (TPSA) is 35.5 Å². The van der Waals surface area contributed by atoms with E-state index in [1.54, 1.807) is 0 Å². The number of esters is 1. The van der Waals surface area contributed by atoms with Crippen molar-refractivity contribution >= 4 is 5.97 Å². The number of benzene rings is 1. The lowest BCUT2D eigenvalue weighted by Gasteiger charge is -2.23. The molecule has 0 aliphatic carbocycles. The van der Waals surface area contributed by atoms with Crippen LogP contribution in [0.1, 0.15) is 45.2 Å². The second-order valence-corrected chi connectivity index (χ2v) is 5.59. The molecule has 0 aliphatic rings. The minimum atomic E-state index is -0.175. The van der Waals surface area contributed by atoms with Crippen LogP contribution < -0.4 is 4.74 Å². The second-order valence-electron chi connectivity index (χ2n) is 5.59. The Morgan fingerprint density at radius 2 is 1.95 bits per heavy atom. The first kappa shape index (κ1) is 15.5. The van der Waals surface area contributed by atoms with Crippen molar-refractivity contribution in [2.24, 2.45) is 0 Å². The number of ether oxygens (including phenoxy) is 2. The van der Waals surface area contributed by atoms with Gasteiger partial charge >= 0.3 is 5.97 Å². The van der Waals surface area contributed by atoms with Gasteiger partial charge in [-0.3, -0.25) is 4.79 Å². The van der Waals surface area contributed by atoms with E-state index in [-0.39, 0.29) is 11.4 Å². The van der Waals surface area contributed by atoms with Crippen LogP contribution in [0.4, 0.5) is 0 Å². The van der Waals surface area contributed by atoms with Crippen LogP contribution in [-0.4, -0.2) is 19.7 Å². The maximum atomic E-state index is 11.2. The average molecular weight is 264 g/mol. The summed E-state index contributed by atoms with van der Waals surface area (Å²) in [4.78, 5) is 11.2. The van der Waals surface area contributed by atoms with Crippen molar-refractivity contribution in [3.05, 3.63) is 29.3 Å². The van der Waals surface area contributed by atoms with Crippen molar-refractivity contribution in [1.82, 2.24) is 0 Å². The maximum absolute atomic E-state index is 11.2. The molecule has 0 spiro atoms. The van der Waals surface area contributed by atoms with Crippen LogP contribution in [0.2, 0.25) is 0 Å². The third kappa shape index (κ3) is 4.58. The van der Waals surface area contributed by atoms with E-state index in [2.05, 4.69) is 31.6 Å². The minimum absolute atomic E-state index is 0.0196. The quantitative estimate of drug-likeness (QED) is 0.764. The summed E-state index contributed by atoms with van der Waals surface area (Å²) >= 11 is 0. The smallest absolute Gasteiger partial charge is 0.305 e. The molecule has 1 aromatic carbocycles. The minimum Gasteiger partial charge on any atom is -0.494 e. The first-order valence-corrected chi connectivity index (χ1v) is 6.71. The number of rotatable bonds is 5. The van der Waals surface area contributed by atoms with Crippen molar-refractivity contribution in [2.75, 3.05) is 13.7 Å². The molecule has 0 aromatic heterocycles. The monoisotopic (exact) mass is 264 g/mol. The lowest BCUT2D eigenvalue weighted by molar-refractivity contribution is -0.140. The van der Waals surface area contributed by atoms with Crippen LogP contribution in [0, 0.1) is 0 Å². The molecule has 0 amide bonds. The second kappa shape index (κ2) is 6.60. The fraction of sp³-hybridized carbons (Fsp3) is 0.562. The SMILES string of the molecule is CCOc1ccc(CCC(=O)OC)cc1C(C)(C)C. The molecule has 0 unspecified atom stereocenters.